The van der Waals surface area contributed by atoms with Crippen LogP contribution in [0.4, 0.5) is 4.39 Å². The normalized spacial score (nSPS) is 14.5. The Morgan fingerprint density at radius 1 is 1.00 bits per heavy atom. The number of fused-ring (bicyclic) bond motifs is 2. The van der Waals surface area contributed by atoms with Gasteiger partial charge >= 0.3 is 0 Å². The molecule has 0 radical (unpaired) electrons. The first-order valence-corrected chi connectivity index (χ1v) is 9.51. The third-order valence-electron chi connectivity index (χ3n) is 5.39. The van der Waals surface area contributed by atoms with Gasteiger partial charge in [0, 0.05) is 23.8 Å². The van der Waals surface area contributed by atoms with Crippen molar-refractivity contribution in [2.75, 3.05) is 13.1 Å². The highest BCUT2D eigenvalue weighted by molar-refractivity contribution is 5.86. The Kier molecular flexibility index (Phi) is 6.55. The molecule has 9 heteroatoms. The first-order valence-electron chi connectivity index (χ1n) is 9.51. The number of aryl methyl sites for hydroxylation is 2. The molecule has 0 saturated carbocycles. The smallest absolute Gasteiger partial charge is 0.247 e. The van der Waals surface area contributed by atoms with Gasteiger partial charge in [0.1, 0.15) is 11.3 Å². The summed E-state index contributed by atoms with van der Waals surface area (Å²) in [6, 6.07) is 7.07. The standard InChI is InChI=1S/C21H20FN5O.2ClH/c1-11-7-17(25-21-20(11)24-12(2)28-21)14-8-16(22)15-10-18(26-27-19(15)9-14)13-3-5-23-6-4-13;;/h7-10,13,23H,3-6H2,1-2H3;2*1H. The molecule has 0 spiro atoms. The quantitative estimate of drug-likeness (QED) is 0.468. The summed E-state index contributed by atoms with van der Waals surface area (Å²) >= 11 is 0. The summed E-state index contributed by atoms with van der Waals surface area (Å²) in [5, 5.41) is 12.5. The molecule has 1 N–H and O–H groups in total. The molecule has 3 aromatic heterocycles. The minimum atomic E-state index is -0.314. The van der Waals surface area contributed by atoms with Crippen molar-refractivity contribution in [3.8, 4) is 11.3 Å². The molecule has 158 valence electrons. The topological polar surface area (TPSA) is 76.7 Å². The highest BCUT2D eigenvalue weighted by atomic mass is 35.5. The number of pyridine rings is 1. The fraction of sp³-hybridized carbons (Fsp3) is 0.333. The van der Waals surface area contributed by atoms with Crippen molar-refractivity contribution in [1.82, 2.24) is 25.5 Å². The number of nitrogens with zero attached hydrogens (tertiary/aromatic N) is 4. The molecular weight excluding hydrogens is 428 g/mol. The fourth-order valence-electron chi connectivity index (χ4n) is 3.89. The lowest BCUT2D eigenvalue weighted by Gasteiger charge is -2.21. The number of piperidine rings is 1. The number of nitrogens with one attached hydrogen (secondary N) is 1. The van der Waals surface area contributed by atoms with Crippen LogP contribution in [-0.4, -0.2) is 33.3 Å². The van der Waals surface area contributed by atoms with E-state index >= 15 is 0 Å². The summed E-state index contributed by atoms with van der Waals surface area (Å²) < 4.78 is 20.5. The summed E-state index contributed by atoms with van der Waals surface area (Å²) in [5.41, 5.74) is 4.80. The Labute approximate surface area is 185 Å². The number of rotatable bonds is 2. The Balaban J connectivity index is 0.00000128. The van der Waals surface area contributed by atoms with Crippen molar-refractivity contribution < 1.29 is 8.81 Å². The van der Waals surface area contributed by atoms with Crippen LogP contribution in [0.5, 0.6) is 0 Å². The Bertz CT molecular complexity index is 1210. The van der Waals surface area contributed by atoms with Crippen LogP contribution < -0.4 is 5.32 Å². The van der Waals surface area contributed by atoms with Gasteiger partial charge in [-0.05, 0) is 62.7 Å². The number of benzene rings is 1. The average Bonchev–Trinajstić information content (AvgIpc) is 3.09. The zero-order valence-electron chi connectivity index (χ0n) is 16.6. The van der Waals surface area contributed by atoms with Gasteiger partial charge in [0.05, 0.1) is 16.9 Å². The summed E-state index contributed by atoms with van der Waals surface area (Å²) in [6.07, 6.45) is 2.00. The van der Waals surface area contributed by atoms with Gasteiger partial charge in [-0.3, -0.25) is 0 Å². The van der Waals surface area contributed by atoms with Crippen molar-refractivity contribution in [1.29, 1.82) is 0 Å². The molecule has 1 aliphatic heterocycles. The molecule has 4 heterocycles. The van der Waals surface area contributed by atoms with Crippen molar-refractivity contribution in [3.63, 3.8) is 0 Å². The molecule has 4 aromatic rings. The van der Waals surface area contributed by atoms with Crippen molar-refractivity contribution in [2.45, 2.75) is 32.6 Å². The van der Waals surface area contributed by atoms with E-state index in [-0.39, 0.29) is 30.6 Å². The maximum Gasteiger partial charge on any atom is 0.247 e. The minimum Gasteiger partial charge on any atom is -0.423 e. The van der Waals surface area contributed by atoms with Crippen molar-refractivity contribution >= 4 is 46.9 Å². The summed E-state index contributed by atoms with van der Waals surface area (Å²) in [7, 11) is 0. The fourth-order valence-corrected chi connectivity index (χ4v) is 3.89. The highest BCUT2D eigenvalue weighted by Crippen LogP contribution is 2.30. The van der Waals surface area contributed by atoms with E-state index in [1.165, 1.54) is 6.07 Å². The van der Waals surface area contributed by atoms with E-state index in [0.717, 1.165) is 42.7 Å². The number of hydrogen-bond acceptors (Lipinski definition) is 6. The van der Waals surface area contributed by atoms with Gasteiger partial charge in [-0.15, -0.1) is 24.8 Å². The second kappa shape index (κ2) is 8.79. The predicted octanol–water partition coefficient (Wildman–Crippen LogP) is 4.90. The van der Waals surface area contributed by atoms with E-state index in [9.17, 15) is 4.39 Å². The maximum absolute atomic E-state index is 15.0. The van der Waals surface area contributed by atoms with E-state index in [2.05, 4.69) is 25.5 Å². The number of aromatic nitrogens is 4. The Morgan fingerprint density at radius 3 is 2.53 bits per heavy atom. The van der Waals surface area contributed by atoms with Crippen LogP contribution >= 0.6 is 24.8 Å². The van der Waals surface area contributed by atoms with Gasteiger partial charge in [-0.2, -0.15) is 10.2 Å². The van der Waals surface area contributed by atoms with Crippen LogP contribution in [0.3, 0.4) is 0 Å². The van der Waals surface area contributed by atoms with Crippen LogP contribution in [0, 0.1) is 19.7 Å². The average molecular weight is 450 g/mol. The zero-order chi connectivity index (χ0) is 19.3. The lowest BCUT2D eigenvalue weighted by Crippen LogP contribution is -2.27. The minimum absolute atomic E-state index is 0. The first kappa shape index (κ1) is 22.3. The second-order valence-corrected chi connectivity index (χ2v) is 7.40. The van der Waals surface area contributed by atoms with Gasteiger partial charge in [-0.1, -0.05) is 0 Å². The van der Waals surface area contributed by atoms with E-state index in [4.69, 9.17) is 4.42 Å². The monoisotopic (exact) mass is 449 g/mol. The molecule has 6 nitrogen and oxygen atoms in total. The molecule has 0 atom stereocenters. The largest absolute Gasteiger partial charge is 0.423 e. The molecule has 0 aliphatic carbocycles. The van der Waals surface area contributed by atoms with Crippen LogP contribution in [0.15, 0.2) is 28.7 Å². The third kappa shape index (κ3) is 3.97. The third-order valence-corrected chi connectivity index (χ3v) is 5.39. The molecular formula is C21H22Cl2FN5O. The molecule has 1 aliphatic rings. The Hall–Kier alpha value is -2.35. The maximum atomic E-state index is 15.0. The molecule has 0 unspecified atom stereocenters. The van der Waals surface area contributed by atoms with Crippen LogP contribution in [0.1, 0.15) is 35.9 Å². The zero-order valence-corrected chi connectivity index (χ0v) is 18.2. The van der Waals surface area contributed by atoms with Gasteiger partial charge in [0.15, 0.2) is 5.89 Å². The van der Waals surface area contributed by atoms with Gasteiger partial charge < -0.3 is 9.73 Å². The van der Waals surface area contributed by atoms with E-state index < -0.39 is 0 Å². The molecule has 0 amide bonds. The lowest BCUT2D eigenvalue weighted by atomic mass is 9.93. The van der Waals surface area contributed by atoms with E-state index in [0.29, 0.717) is 39.7 Å². The van der Waals surface area contributed by atoms with Gasteiger partial charge in [-0.25, -0.2) is 14.4 Å². The molecule has 5 rings (SSSR count). The van der Waals surface area contributed by atoms with Crippen LogP contribution in [-0.2, 0) is 0 Å². The summed E-state index contributed by atoms with van der Waals surface area (Å²) in [4.78, 5) is 8.85. The summed E-state index contributed by atoms with van der Waals surface area (Å²) in [5.74, 6) is 0.577. The van der Waals surface area contributed by atoms with Gasteiger partial charge in [0.2, 0.25) is 5.71 Å². The molecule has 1 aromatic carbocycles. The van der Waals surface area contributed by atoms with Gasteiger partial charge in [0.25, 0.3) is 0 Å². The van der Waals surface area contributed by atoms with E-state index in [1.807, 2.05) is 25.1 Å². The number of hydrogen-bond donors (Lipinski definition) is 1. The first-order chi connectivity index (χ1) is 13.6. The number of halogens is 3. The van der Waals surface area contributed by atoms with Crippen molar-refractivity contribution in [3.05, 3.63) is 47.2 Å². The molecule has 1 saturated heterocycles. The predicted molar refractivity (Wildman–Crippen MR) is 119 cm³/mol. The van der Waals surface area contributed by atoms with Crippen LogP contribution in [0.2, 0.25) is 0 Å². The lowest BCUT2D eigenvalue weighted by molar-refractivity contribution is 0.451. The van der Waals surface area contributed by atoms with Crippen molar-refractivity contribution in [2.24, 2.45) is 0 Å². The molecule has 1 fully saturated rings. The summed E-state index contributed by atoms with van der Waals surface area (Å²) in [6.45, 7) is 5.64. The second-order valence-electron chi connectivity index (χ2n) is 7.40. The molecule has 0 bridgehead atoms. The number of oxazole rings is 1. The molecule has 30 heavy (non-hydrogen) atoms. The van der Waals surface area contributed by atoms with Crippen LogP contribution in [0.25, 0.3) is 33.4 Å². The Morgan fingerprint density at radius 2 is 1.77 bits per heavy atom. The van der Waals surface area contributed by atoms with E-state index in [1.54, 1.807) is 6.92 Å². The highest BCUT2D eigenvalue weighted by Gasteiger charge is 2.19. The SMILES string of the molecule is Cc1nc2c(C)cc(-c3cc(F)c4cc(C5CCNCC5)nnc4c3)nc2o1.Cl.Cl.